The van der Waals surface area contributed by atoms with Gasteiger partial charge in [-0.3, -0.25) is 9.59 Å². The Hall–Kier alpha value is -0.883. The third-order valence-corrected chi connectivity index (χ3v) is 2.25. The Morgan fingerprint density at radius 2 is 1.93 bits per heavy atom. The Labute approximate surface area is 85.8 Å². The molecule has 0 atom stereocenters. The molecule has 0 heterocycles. The van der Waals surface area contributed by atoms with Gasteiger partial charge in [0.05, 0.1) is 13.0 Å². The lowest BCUT2D eigenvalue weighted by Crippen LogP contribution is -2.15. The highest BCUT2D eigenvalue weighted by atomic mass is 28.3. The van der Waals surface area contributed by atoms with E-state index in [0.717, 1.165) is 6.42 Å². The average Bonchev–Trinajstić information content (AvgIpc) is 2.12. The first-order chi connectivity index (χ1) is 6.66. The maximum atomic E-state index is 10.9. The zero-order valence-electron chi connectivity index (χ0n) is 8.58. The summed E-state index contributed by atoms with van der Waals surface area (Å²) in [5.41, 5.74) is 0. The molecule has 6 heteroatoms. The van der Waals surface area contributed by atoms with Crippen molar-refractivity contribution >= 4 is 21.9 Å². The van der Waals surface area contributed by atoms with Gasteiger partial charge in [0.15, 0.2) is 0 Å². The first-order valence-electron chi connectivity index (χ1n) is 4.53. The van der Waals surface area contributed by atoms with E-state index in [0.29, 0.717) is 13.2 Å². The van der Waals surface area contributed by atoms with Crippen molar-refractivity contribution in [3.63, 3.8) is 0 Å². The molecule has 0 rings (SSSR count). The van der Waals surface area contributed by atoms with Gasteiger partial charge >= 0.3 is 10.0 Å². The van der Waals surface area contributed by atoms with E-state index in [1.165, 1.54) is 6.92 Å². The van der Waals surface area contributed by atoms with Gasteiger partial charge in [0, 0.05) is 13.5 Å². The molecule has 0 saturated carbocycles. The smallest absolute Gasteiger partial charge is 0.431 e. The first-order valence-corrected chi connectivity index (χ1v) is 5.69. The second-order valence-corrected chi connectivity index (χ2v) is 3.45. The molecule has 0 aromatic carbocycles. The van der Waals surface area contributed by atoms with Crippen LogP contribution in [0.3, 0.4) is 0 Å². The predicted molar refractivity (Wildman–Crippen MR) is 52.1 cm³/mol. The summed E-state index contributed by atoms with van der Waals surface area (Å²) in [5.74, 6) is -0.777. The van der Waals surface area contributed by atoms with Gasteiger partial charge in [-0.2, -0.15) is 0 Å². The molecular weight excluding hydrogens is 204 g/mol. The van der Waals surface area contributed by atoms with E-state index in [1.807, 2.05) is 6.92 Å². The van der Waals surface area contributed by atoms with Crippen LogP contribution in [0.4, 0.5) is 0 Å². The number of carbonyl (C=O) groups excluding carboxylic acids is 2. The number of hydrogen-bond acceptors (Lipinski definition) is 5. The van der Waals surface area contributed by atoms with Crippen LogP contribution < -0.4 is 0 Å². The van der Waals surface area contributed by atoms with Crippen LogP contribution in [0.5, 0.6) is 0 Å². The Morgan fingerprint density at radius 3 is 2.50 bits per heavy atom. The van der Waals surface area contributed by atoms with Gasteiger partial charge in [0.2, 0.25) is 0 Å². The lowest BCUT2D eigenvalue weighted by atomic mass is 10.5. The molecule has 0 radical (unpaired) electrons. The van der Waals surface area contributed by atoms with E-state index < -0.39 is 16.0 Å². The molecule has 0 aromatic heterocycles. The fraction of sp³-hybridized carbons (Fsp3) is 0.750. The molecule has 82 valence electrons. The Morgan fingerprint density at radius 1 is 1.21 bits per heavy atom. The van der Waals surface area contributed by atoms with Crippen molar-refractivity contribution in [2.24, 2.45) is 0 Å². The van der Waals surface area contributed by atoms with Crippen LogP contribution in [0, 0.1) is 0 Å². The molecule has 0 bridgehead atoms. The van der Waals surface area contributed by atoms with E-state index in [9.17, 15) is 9.59 Å². The van der Waals surface area contributed by atoms with Crippen LogP contribution >= 0.6 is 0 Å². The second kappa shape index (κ2) is 8.70. The Balaban J connectivity index is 3.24. The summed E-state index contributed by atoms with van der Waals surface area (Å²) in [7, 11) is -1.48. The predicted octanol–water partition coefficient (Wildman–Crippen LogP) is -0.0918. The lowest BCUT2D eigenvalue weighted by Gasteiger charge is -2.04. The highest BCUT2D eigenvalue weighted by Gasteiger charge is 2.03. The second-order valence-electron chi connectivity index (χ2n) is 2.63. The molecule has 0 aromatic rings. The van der Waals surface area contributed by atoms with Gasteiger partial charge in [-0.05, 0) is 6.42 Å². The van der Waals surface area contributed by atoms with Crippen LogP contribution in [-0.2, 0) is 23.2 Å². The minimum Gasteiger partial charge on any atom is -0.490 e. The van der Waals surface area contributed by atoms with Crippen molar-refractivity contribution in [1.82, 2.24) is 0 Å². The molecule has 0 fully saturated rings. The molecule has 0 N–H and O–H groups in total. The number of carbonyl (C=O) groups is 2. The van der Waals surface area contributed by atoms with Crippen molar-refractivity contribution in [2.45, 2.75) is 26.7 Å². The molecule has 0 spiro atoms. The largest absolute Gasteiger partial charge is 0.490 e. The van der Waals surface area contributed by atoms with Gasteiger partial charge in [-0.15, -0.1) is 0 Å². The van der Waals surface area contributed by atoms with E-state index in [-0.39, 0.29) is 12.4 Å². The minimum absolute atomic E-state index is 0.217. The van der Waals surface area contributed by atoms with Gasteiger partial charge in [0.25, 0.3) is 11.9 Å². The molecule has 0 aliphatic heterocycles. The highest BCUT2D eigenvalue weighted by molar-refractivity contribution is 6.25. The fourth-order valence-electron chi connectivity index (χ4n) is 0.652. The summed E-state index contributed by atoms with van der Waals surface area (Å²) in [6.07, 6.45) is 1.14. The van der Waals surface area contributed by atoms with Crippen LogP contribution in [0.25, 0.3) is 0 Å². The lowest BCUT2D eigenvalue weighted by molar-refractivity contribution is -0.138. The van der Waals surface area contributed by atoms with Crippen LogP contribution in [-0.4, -0.2) is 35.2 Å². The monoisotopic (exact) mass is 220 g/mol. The van der Waals surface area contributed by atoms with Crippen molar-refractivity contribution in [3.8, 4) is 0 Å². The van der Waals surface area contributed by atoms with Gasteiger partial charge in [-0.25, -0.2) is 0 Å². The van der Waals surface area contributed by atoms with E-state index in [4.69, 9.17) is 9.16 Å². The molecule has 0 amide bonds. The van der Waals surface area contributed by atoms with Gasteiger partial charge in [-0.1, -0.05) is 6.92 Å². The molecule has 0 unspecified atom stereocenters. The molecule has 0 aliphatic rings. The maximum absolute atomic E-state index is 10.9. The zero-order chi connectivity index (χ0) is 10.8. The third-order valence-electron chi connectivity index (χ3n) is 1.28. The molecule has 0 aliphatic carbocycles. The Bertz CT molecular complexity index is 183. The quantitative estimate of drug-likeness (QED) is 0.443. The molecule has 5 nitrogen and oxygen atoms in total. The summed E-state index contributed by atoms with van der Waals surface area (Å²) >= 11 is 0. The SMILES string of the molecule is CCCOCCC(=O)O[SiH2]OC(C)=O. The molecular formula is C8H16O5Si. The van der Waals surface area contributed by atoms with Crippen molar-refractivity contribution in [3.05, 3.63) is 0 Å². The standard InChI is InChI=1S/C8H16O5Si/c1-3-5-11-6-4-8(10)13-14-12-7(2)9/h3-6,14H2,1-2H3. The Kier molecular flexibility index (Phi) is 8.15. The summed E-state index contributed by atoms with van der Waals surface area (Å²) in [4.78, 5) is 21.2. The van der Waals surface area contributed by atoms with Crippen LogP contribution in [0.15, 0.2) is 0 Å². The zero-order valence-corrected chi connectivity index (χ0v) is 9.99. The number of rotatable bonds is 7. The number of ether oxygens (including phenoxy) is 1. The third kappa shape index (κ3) is 9.21. The topological polar surface area (TPSA) is 61.8 Å². The van der Waals surface area contributed by atoms with Crippen LogP contribution in [0.1, 0.15) is 26.7 Å². The summed E-state index contributed by atoms with van der Waals surface area (Å²) in [6.45, 7) is 4.28. The van der Waals surface area contributed by atoms with Crippen LogP contribution in [0.2, 0.25) is 0 Å². The van der Waals surface area contributed by atoms with E-state index in [2.05, 4.69) is 4.43 Å². The maximum Gasteiger partial charge on any atom is 0.431 e. The normalized spacial score (nSPS) is 10.4. The summed E-state index contributed by atoms with van der Waals surface area (Å²) < 4.78 is 14.4. The van der Waals surface area contributed by atoms with Crippen molar-refractivity contribution in [1.29, 1.82) is 0 Å². The molecule has 0 saturated heterocycles. The fourth-order valence-corrected chi connectivity index (χ4v) is 1.15. The van der Waals surface area contributed by atoms with E-state index >= 15 is 0 Å². The minimum atomic E-state index is -1.48. The van der Waals surface area contributed by atoms with E-state index in [1.54, 1.807) is 0 Å². The van der Waals surface area contributed by atoms with Gasteiger partial charge in [0.1, 0.15) is 0 Å². The highest BCUT2D eigenvalue weighted by Crippen LogP contribution is 1.89. The first kappa shape index (κ1) is 13.1. The van der Waals surface area contributed by atoms with Gasteiger partial charge < -0.3 is 13.6 Å². The average molecular weight is 220 g/mol. The molecule has 14 heavy (non-hydrogen) atoms. The van der Waals surface area contributed by atoms with Crippen molar-refractivity contribution < 1.29 is 23.2 Å². The summed E-state index contributed by atoms with van der Waals surface area (Å²) in [5, 5.41) is 0. The van der Waals surface area contributed by atoms with Crippen molar-refractivity contribution in [2.75, 3.05) is 13.2 Å². The number of hydrogen-bond donors (Lipinski definition) is 0. The summed E-state index contributed by atoms with van der Waals surface area (Å²) in [6, 6.07) is 0.